The van der Waals surface area contributed by atoms with Crippen molar-refractivity contribution in [3.63, 3.8) is 0 Å². The molecule has 0 unspecified atom stereocenters. The van der Waals surface area contributed by atoms with Crippen LogP contribution in [0, 0.1) is 0 Å². The highest BCUT2D eigenvalue weighted by atomic mass is 15.1. The standard InChI is InChI=1S/C38H29N/c1-6-17-30(18-7-1)29-36(31-19-8-2-9-20-31)35-27-16-28-37(38(35)32-21-10-3-11-22-32)39(33-23-12-4-13-24-33)34-25-14-5-15-26-34/h1-29H. The summed E-state index contributed by atoms with van der Waals surface area (Å²) in [6.45, 7) is 0. The van der Waals surface area contributed by atoms with Gasteiger partial charge in [0, 0.05) is 16.9 Å². The van der Waals surface area contributed by atoms with Crippen LogP contribution in [0.25, 0.3) is 22.8 Å². The number of nitrogens with zero attached hydrogens (tertiary/aromatic N) is 1. The summed E-state index contributed by atoms with van der Waals surface area (Å²) < 4.78 is 0. The topological polar surface area (TPSA) is 3.24 Å². The first-order valence-electron chi connectivity index (χ1n) is 13.3. The monoisotopic (exact) mass is 499 g/mol. The van der Waals surface area contributed by atoms with E-state index < -0.39 is 0 Å². The molecule has 0 atom stereocenters. The molecule has 0 radical (unpaired) electrons. The molecule has 0 aliphatic rings. The van der Waals surface area contributed by atoms with Gasteiger partial charge in [-0.25, -0.2) is 0 Å². The van der Waals surface area contributed by atoms with E-state index in [4.69, 9.17) is 0 Å². The van der Waals surface area contributed by atoms with Gasteiger partial charge < -0.3 is 4.90 Å². The molecule has 0 heterocycles. The number of benzene rings is 6. The minimum Gasteiger partial charge on any atom is -0.310 e. The predicted molar refractivity (Wildman–Crippen MR) is 166 cm³/mol. The van der Waals surface area contributed by atoms with Crippen molar-refractivity contribution in [1.82, 2.24) is 0 Å². The zero-order valence-corrected chi connectivity index (χ0v) is 21.7. The van der Waals surface area contributed by atoms with Gasteiger partial charge in [-0.3, -0.25) is 0 Å². The van der Waals surface area contributed by atoms with Crippen molar-refractivity contribution in [3.05, 3.63) is 187 Å². The second-order valence-corrected chi connectivity index (χ2v) is 9.41. The van der Waals surface area contributed by atoms with Crippen LogP contribution in [0.4, 0.5) is 17.1 Å². The number of para-hydroxylation sites is 2. The molecule has 0 saturated carbocycles. The molecular weight excluding hydrogens is 470 g/mol. The summed E-state index contributed by atoms with van der Waals surface area (Å²) in [6.07, 6.45) is 2.30. The van der Waals surface area contributed by atoms with E-state index in [1.54, 1.807) is 0 Å². The Hall–Kier alpha value is -5.14. The molecule has 6 aromatic rings. The second kappa shape index (κ2) is 11.5. The molecule has 1 nitrogen and oxygen atoms in total. The van der Waals surface area contributed by atoms with Crippen LogP contribution in [-0.2, 0) is 0 Å². The summed E-state index contributed by atoms with van der Waals surface area (Å²) in [5.74, 6) is 0. The predicted octanol–water partition coefficient (Wildman–Crippen LogP) is 10.4. The third-order valence-electron chi connectivity index (χ3n) is 6.86. The fourth-order valence-electron chi connectivity index (χ4n) is 5.09. The van der Waals surface area contributed by atoms with E-state index >= 15 is 0 Å². The number of anilines is 3. The van der Waals surface area contributed by atoms with E-state index in [1.165, 1.54) is 33.4 Å². The molecule has 6 rings (SSSR count). The smallest absolute Gasteiger partial charge is 0.0546 e. The molecule has 0 amide bonds. The summed E-state index contributed by atoms with van der Waals surface area (Å²) >= 11 is 0. The molecular formula is C38H29N. The average molecular weight is 500 g/mol. The van der Waals surface area contributed by atoms with E-state index in [0.29, 0.717) is 0 Å². The van der Waals surface area contributed by atoms with E-state index in [1.807, 2.05) is 0 Å². The van der Waals surface area contributed by atoms with Gasteiger partial charge in [-0.15, -0.1) is 0 Å². The number of rotatable bonds is 7. The van der Waals surface area contributed by atoms with Crippen LogP contribution in [0.15, 0.2) is 170 Å². The van der Waals surface area contributed by atoms with Gasteiger partial charge in [0.2, 0.25) is 0 Å². The minimum atomic E-state index is 1.12. The fraction of sp³-hybridized carbons (Fsp3) is 0. The Kier molecular flexibility index (Phi) is 7.14. The third kappa shape index (κ3) is 5.30. The largest absolute Gasteiger partial charge is 0.310 e. The maximum Gasteiger partial charge on any atom is 0.0546 e. The van der Waals surface area contributed by atoms with Crippen molar-refractivity contribution in [2.45, 2.75) is 0 Å². The maximum absolute atomic E-state index is 2.36. The molecule has 6 aromatic carbocycles. The van der Waals surface area contributed by atoms with Crippen LogP contribution in [0.5, 0.6) is 0 Å². The van der Waals surface area contributed by atoms with Crippen molar-refractivity contribution in [3.8, 4) is 11.1 Å². The Morgan fingerprint density at radius 1 is 0.436 bits per heavy atom. The Morgan fingerprint density at radius 2 is 0.923 bits per heavy atom. The van der Waals surface area contributed by atoms with Crippen LogP contribution in [0.1, 0.15) is 16.7 Å². The van der Waals surface area contributed by atoms with Crippen molar-refractivity contribution >= 4 is 28.7 Å². The number of hydrogen-bond acceptors (Lipinski definition) is 1. The van der Waals surface area contributed by atoms with Gasteiger partial charge in [-0.2, -0.15) is 0 Å². The highest BCUT2D eigenvalue weighted by molar-refractivity contribution is 6.01. The first-order chi connectivity index (χ1) is 19.4. The third-order valence-corrected chi connectivity index (χ3v) is 6.86. The zero-order valence-electron chi connectivity index (χ0n) is 21.7. The van der Waals surface area contributed by atoms with E-state index in [2.05, 4.69) is 181 Å². The SMILES string of the molecule is C(=C(c1ccccc1)c1cccc(N(c2ccccc2)c2ccccc2)c1-c1ccccc1)c1ccccc1. The lowest BCUT2D eigenvalue weighted by atomic mass is 9.87. The van der Waals surface area contributed by atoms with E-state index in [-0.39, 0.29) is 0 Å². The summed E-state index contributed by atoms with van der Waals surface area (Å²) in [5.41, 5.74) is 10.5. The molecule has 0 bridgehead atoms. The Bertz CT molecular complexity index is 1620. The van der Waals surface area contributed by atoms with Crippen LogP contribution < -0.4 is 4.90 Å². The highest BCUT2D eigenvalue weighted by Crippen LogP contribution is 2.45. The van der Waals surface area contributed by atoms with Crippen molar-refractivity contribution in [2.24, 2.45) is 0 Å². The molecule has 0 aromatic heterocycles. The van der Waals surface area contributed by atoms with E-state index in [9.17, 15) is 0 Å². The van der Waals surface area contributed by atoms with Crippen molar-refractivity contribution in [1.29, 1.82) is 0 Å². The van der Waals surface area contributed by atoms with Crippen LogP contribution in [0.3, 0.4) is 0 Å². The summed E-state index contributed by atoms with van der Waals surface area (Å²) in [5, 5.41) is 0. The van der Waals surface area contributed by atoms with Crippen LogP contribution in [0.2, 0.25) is 0 Å². The van der Waals surface area contributed by atoms with E-state index in [0.717, 1.165) is 17.1 Å². The molecule has 1 heteroatoms. The second-order valence-electron chi connectivity index (χ2n) is 9.41. The van der Waals surface area contributed by atoms with Gasteiger partial charge in [0.15, 0.2) is 0 Å². The van der Waals surface area contributed by atoms with Crippen molar-refractivity contribution in [2.75, 3.05) is 4.90 Å². The first kappa shape index (κ1) is 24.2. The Morgan fingerprint density at radius 3 is 1.49 bits per heavy atom. The Labute approximate surface area is 231 Å². The summed E-state index contributed by atoms with van der Waals surface area (Å²) in [7, 11) is 0. The van der Waals surface area contributed by atoms with Gasteiger partial charge in [-0.1, -0.05) is 140 Å². The average Bonchev–Trinajstić information content (AvgIpc) is 3.02. The maximum atomic E-state index is 2.36. The molecule has 0 spiro atoms. The molecule has 0 saturated heterocycles. The van der Waals surface area contributed by atoms with Crippen molar-refractivity contribution < 1.29 is 0 Å². The molecule has 0 aliphatic carbocycles. The quantitative estimate of drug-likeness (QED) is 0.197. The van der Waals surface area contributed by atoms with Gasteiger partial charge in [-0.05, 0) is 64.2 Å². The highest BCUT2D eigenvalue weighted by Gasteiger charge is 2.21. The van der Waals surface area contributed by atoms with Crippen LogP contribution >= 0.6 is 0 Å². The normalized spacial score (nSPS) is 11.2. The van der Waals surface area contributed by atoms with Gasteiger partial charge >= 0.3 is 0 Å². The molecule has 0 fully saturated rings. The Balaban J connectivity index is 1.67. The molecule has 186 valence electrons. The molecule has 0 N–H and O–H groups in total. The zero-order chi connectivity index (χ0) is 26.3. The minimum absolute atomic E-state index is 1.12. The van der Waals surface area contributed by atoms with Gasteiger partial charge in [0.25, 0.3) is 0 Å². The summed E-state index contributed by atoms with van der Waals surface area (Å²) in [4.78, 5) is 2.36. The lowest BCUT2D eigenvalue weighted by molar-refractivity contribution is 1.28. The fourth-order valence-corrected chi connectivity index (χ4v) is 5.09. The molecule has 39 heavy (non-hydrogen) atoms. The first-order valence-corrected chi connectivity index (χ1v) is 13.3. The lowest BCUT2D eigenvalue weighted by Gasteiger charge is -2.29. The van der Waals surface area contributed by atoms with Gasteiger partial charge in [0.1, 0.15) is 0 Å². The number of hydrogen-bond donors (Lipinski definition) is 0. The summed E-state index contributed by atoms with van der Waals surface area (Å²) in [6, 6.07) is 59.9. The van der Waals surface area contributed by atoms with Crippen LogP contribution in [-0.4, -0.2) is 0 Å². The van der Waals surface area contributed by atoms with Gasteiger partial charge in [0.05, 0.1) is 5.69 Å². The lowest BCUT2D eigenvalue weighted by Crippen LogP contribution is -2.12. The molecule has 0 aliphatic heterocycles.